The predicted octanol–water partition coefficient (Wildman–Crippen LogP) is 2.83. The Morgan fingerprint density at radius 2 is 2.05 bits per heavy atom. The van der Waals surface area contributed by atoms with E-state index < -0.39 is 0 Å². The molecule has 0 saturated heterocycles. The topological polar surface area (TPSA) is 74.7 Å². The summed E-state index contributed by atoms with van der Waals surface area (Å²) in [6.07, 6.45) is 0.512. The fourth-order valence-electron chi connectivity index (χ4n) is 2.27. The third-order valence-electron chi connectivity index (χ3n) is 3.26. The van der Waals surface area contributed by atoms with Crippen LogP contribution in [0.15, 0.2) is 41.6 Å². The lowest BCUT2D eigenvalue weighted by Gasteiger charge is -2.25. The van der Waals surface area contributed by atoms with Crippen molar-refractivity contribution in [2.45, 2.75) is 20.3 Å². The molecule has 1 heterocycles. The summed E-state index contributed by atoms with van der Waals surface area (Å²) in [7, 11) is 0. The molecule has 0 unspecified atom stereocenters. The van der Waals surface area contributed by atoms with Crippen LogP contribution in [0.2, 0.25) is 0 Å². The molecule has 1 aromatic carbocycles. The number of pyridine rings is 1. The molecule has 2 rings (SSSR count). The first-order valence-electron chi connectivity index (χ1n) is 7.17. The van der Waals surface area contributed by atoms with Crippen molar-refractivity contribution in [1.82, 2.24) is 4.98 Å². The van der Waals surface area contributed by atoms with Crippen LogP contribution in [0.25, 0.3) is 10.9 Å². The lowest BCUT2D eigenvalue weighted by Crippen LogP contribution is -2.32. The Kier molecular flexibility index (Phi) is 4.98. The monoisotopic (exact) mass is 286 g/mol. The molecule has 0 bridgehead atoms. The van der Waals surface area contributed by atoms with E-state index in [0.717, 1.165) is 23.3 Å². The van der Waals surface area contributed by atoms with Gasteiger partial charge in [0, 0.05) is 24.9 Å². The van der Waals surface area contributed by atoms with E-state index in [2.05, 4.69) is 36.0 Å². The fraction of sp³-hybridized carbons (Fsp3) is 0.375. The van der Waals surface area contributed by atoms with Crippen molar-refractivity contribution in [3.63, 3.8) is 0 Å². The van der Waals surface area contributed by atoms with Gasteiger partial charge in [0.15, 0.2) is 0 Å². The highest BCUT2D eigenvalue weighted by atomic mass is 16.4. The number of para-hydroxylation sites is 1. The van der Waals surface area contributed by atoms with Gasteiger partial charge in [-0.05, 0) is 24.1 Å². The summed E-state index contributed by atoms with van der Waals surface area (Å²) in [5.74, 6) is 1.67. The first kappa shape index (κ1) is 15.1. The van der Waals surface area contributed by atoms with Gasteiger partial charge in [0.05, 0.1) is 5.52 Å². The molecule has 3 N–H and O–H groups in total. The van der Waals surface area contributed by atoms with Crippen LogP contribution in [0.4, 0.5) is 5.82 Å². The van der Waals surface area contributed by atoms with Gasteiger partial charge in [-0.3, -0.25) is 0 Å². The van der Waals surface area contributed by atoms with Crippen molar-refractivity contribution in [2.24, 2.45) is 16.8 Å². The number of aromatic nitrogens is 1. The van der Waals surface area contributed by atoms with Crippen LogP contribution in [0.1, 0.15) is 20.3 Å². The maximum absolute atomic E-state index is 8.67. The Morgan fingerprint density at radius 1 is 1.29 bits per heavy atom. The van der Waals surface area contributed by atoms with Gasteiger partial charge < -0.3 is 15.8 Å². The van der Waals surface area contributed by atoms with E-state index in [4.69, 9.17) is 15.9 Å². The number of hydrogen-bond acceptors (Lipinski definition) is 4. The van der Waals surface area contributed by atoms with Gasteiger partial charge in [0.1, 0.15) is 11.7 Å². The number of anilines is 1. The zero-order valence-corrected chi connectivity index (χ0v) is 12.5. The van der Waals surface area contributed by atoms with Gasteiger partial charge in [-0.25, -0.2) is 4.98 Å². The third kappa shape index (κ3) is 4.08. The number of hydrogen-bond donors (Lipinski definition) is 2. The number of amidine groups is 1. The molecule has 0 radical (unpaired) electrons. The second-order valence-electron chi connectivity index (χ2n) is 5.54. The number of fused-ring (bicyclic) bond motifs is 1. The molecule has 1 aromatic heterocycles. The van der Waals surface area contributed by atoms with Crippen molar-refractivity contribution >= 4 is 22.6 Å². The van der Waals surface area contributed by atoms with Crippen LogP contribution in [0.5, 0.6) is 0 Å². The lowest BCUT2D eigenvalue weighted by atomic mass is 10.2. The van der Waals surface area contributed by atoms with E-state index in [9.17, 15) is 0 Å². The minimum Gasteiger partial charge on any atom is -0.409 e. The SMILES string of the molecule is CC(C)CN(CCC(N)=NO)c1ccc2ccccc2n1. The Morgan fingerprint density at radius 3 is 2.76 bits per heavy atom. The molecule has 112 valence electrons. The molecule has 5 heteroatoms. The van der Waals surface area contributed by atoms with Crippen molar-refractivity contribution in [3.8, 4) is 0 Å². The summed E-state index contributed by atoms with van der Waals surface area (Å²) in [4.78, 5) is 6.89. The minimum atomic E-state index is 0.240. The molecular formula is C16H22N4O. The Bertz CT molecular complexity index is 624. The molecule has 0 fully saturated rings. The van der Waals surface area contributed by atoms with E-state index >= 15 is 0 Å². The highest BCUT2D eigenvalue weighted by Gasteiger charge is 2.11. The third-order valence-corrected chi connectivity index (χ3v) is 3.26. The molecule has 5 nitrogen and oxygen atoms in total. The van der Waals surface area contributed by atoms with Crippen molar-refractivity contribution in [1.29, 1.82) is 0 Å². The second-order valence-corrected chi connectivity index (χ2v) is 5.54. The number of benzene rings is 1. The van der Waals surface area contributed by atoms with Crippen molar-refractivity contribution in [3.05, 3.63) is 36.4 Å². The van der Waals surface area contributed by atoms with Crippen LogP contribution in [-0.4, -0.2) is 29.1 Å². The molecule has 21 heavy (non-hydrogen) atoms. The minimum absolute atomic E-state index is 0.240. The number of nitrogens with two attached hydrogens (primary N) is 1. The number of nitrogens with zero attached hydrogens (tertiary/aromatic N) is 3. The number of rotatable bonds is 6. The first-order chi connectivity index (χ1) is 10.1. The average molecular weight is 286 g/mol. The molecule has 0 saturated carbocycles. The van der Waals surface area contributed by atoms with Crippen LogP contribution in [-0.2, 0) is 0 Å². The molecule has 2 aromatic rings. The normalized spacial score (nSPS) is 12.0. The standard InChI is InChI=1S/C16H22N4O/c1-12(2)11-20(10-9-15(17)19-21)16-8-7-13-5-3-4-6-14(13)18-16/h3-8,12,21H,9-11H2,1-2H3,(H2,17,19). The lowest BCUT2D eigenvalue weighted by molar-refractivity contribution is 0.317. The van der Waals surface area contributed by atoms with Crippen LogP contribution < -0.4 is 10.6 Å². The van der Waals surface area contributed by atoms with E-state index in [0.29, 0.717) is 18.9 Å². The zero-order chi connectivity index (χ0) is 15.2. The van der Waals surface area contributed by atoms with Crippen molar-refractivity contribution in [2.75, 3.05) is 18.0 Å². The van der Waals surface area contributed by atoms with E-state index in [1.54, 1.807) is 0 Å². The van der Waals surface area contributed by atoms with Gasteiger partial charge >= 0.3 is 0 Å². The Labute approximate surface area is 125 Å². The number of oxime groups is 1. The fourth-order valence-corrected chi connectivity index (χ4v) is 2.27. The molecule has 0 aliphatic rings. The summed E-state index contributed by atoms with van der Waals surface area (Å²) >= 11 is 0. The molecule has 0 amide bonds. The van der Waals surface area contributed by atoms with Gasteiger partial charge in [-0.15, -0.1) is 0 Å². The van der Waals surface area contributed by atoms with Crippen LogP contribution in [0.3, 0.4) is 0 Å². The smallest absolute Gasteiger partial charge is 0.140 e. The second kappa shape index (κ2) is 6.92. The van der Waals surface area contributed by atoms with Crippen LogP contribution in [0, 0.1) is 5.92 Å². The van der Waals surface area contributed by atoms with Crippen molar-refractivity contribution < 1.29 is 5.21 Å². The Hall–Kier alpha value is -2.30. The molecule has 0 atom stereocenters. The zero-order valence-electron chi connectivity index (χ0n) is 12.5. The van der Waals surface area contributed by atoms with E-state index in [1.807, 2.05) is 24.3 Å². The summed E-state index contributed by atoms with van der Waals surface area (Å²) in [5, 5.41) is 12.8. The van der Waals surface area contributed by atoms with Gasteiger partial charge in [-0.2, -0.15) is 0 Å². The highest BCUT2D eigenvalue weighted by Crippen LogP contribution is 2.19. The maximum Gasteiger partial charge on any atom is 0.140 e. The highest BCUT2D eigenvalue weighted by molar-refractivity contribution is 5.81. The van der Waals surface area contributed by atoms with E-state index in [-0.39, 0.29) is 5.84 Å². The maximum atomic E-state index is 8.67. The molecule has 0 aliphatic heterocycles. The molecule has 0 aliphatic carbocycles. The van der Waals surface area contributed by atoms with Gasteiger partial charge in [0.2, 0.25) is 0 Å². The average Bonchev–Trinajstić information content (AvgIpc) is 2.50. The van der Waals surface area contributed by atoms with Gasteiger partial charge in [-0.1, -0.05) is 37.2 Å². The summed E-state index contributed by atoms with van der Waals surface area (Å²) in [5.41, 5.74) is 6.55. The summed E-state index contributed by atoms with van der Waals surface area (Å²) < 4.78 is 0. The Balaban J connectivity index is 2.24. The summed E-state index contributed by atoms with van der Waals surface area (Å²) in [6.45, 7) is 5.89. The quantitative estimate of drug-likeness (QED) is 0.370. The van der Waals surface area contributed by atoms with E-state index in [1.165, 1.54) is 0 Å². The largest absolute Gasteiger partial charge is 0.409 e. The van der Waals surface area contributed by atoms with Gasteiger partial charge in [0.25, 0.3) is 0 Å². The predicted molar refractivity (Wildman–Crippen MR) is 86.8 cm³/mol. The first-order valence-corrected chi connectivity index (χ1v) is 7.17. The molecule has 0 spiro atoms. The van der Waals surface area contributed by atoms with Crippen LogP contribution >= 0.6 is 0 Å². The summed E-state index contributed by atoms with van der Waals surface area (Å²) in [6, 6.07) is 12.2. The molecular weight excluding hydrogens is 264 g/mol.